The summed E-state index contributed by atoms with van der Waals surface area (Å²) >= 11 is 0. The molecule has 3 heteroatoms. The number of fused-ring (bicyclic) bond motifs is 5. The Morgan fingerprint density at radius 3 is 1.30 bits per heavy atom. The van der Waals surface area contributed by atoms with Gasteiger partial charge in [-0.3, -0.25) is 9.97 Å². The molecule has 10 aromatic rings. The first kappa shape index (κ1) is 30.7. The molecule has 0 aliphatic rings. The average molecular weight is 676 g/mol. The molecule has 0 atom stereocenters. The number of nitrogens with zero attached hydrogens (tertiary/aromatic N) is 3. The van der Waals surface area contributed by atoms with Gasteiger partial charge in [-0.25, -0.2) is 0 Å². The zero-order valence-corrected chi connectivity index (χ0v) is 28.9. The van der Waals surface area contributed by atoms with Crippen LogP contribution in [0.25, 0.3) is 76.7 Å². The van der Waals surface area contributed by atoms with E-state index in [1.165, 1.54) is 43.4 Å². The quantitative estimate of drug-likeness (QED) is 0.164. The van der Waals surface area contributed by atoms with Crippen LogP contribution in [-0.4, -0.2) is 9.97 Å². The van der Waals surface area contributed by atoms with Gasteiger partial charge in [-0.2, -0.15) is 0 Å². The van der Waals surface area contributed by atoms with Gasteiger partial charge in [0.05, 0.1) is 11.4 Å². The number of aromatic nitrogens is 2. The summed E-state index contributed by atoms with van der Waals surface area (Å²) in [7, 11) is 0. The van der Waals surface area contributed by atoms with Crippen LogP contribution in [0.1, 0.15) is 0 Å². The molecule has 8 aromatic carbocycles. The highest BCUT2D eigenvalue weighted by atomic mass is 15.1. The van der Waals surface area contributed by atoms with Gasteiger partial charge >= 0.3 is 0 Å². The highest BCUT2D eigenvalue weighted by Gasteiger charge is 2.15. The molecule has 0 saturated heterocycles. The molecule has 0 unspecified atom stereocenters. The van der Waals surface area contributed by atoms with E-state index in [1.54, 1.807) is 0 Å². The van der Waals surface area contributed by atoms with E-state index in [-0.39, 0.29) is 0 Å². The van der Waals surface area contributed by atoms with Crippen molar-refractivity contribution in [1.82, 2.24) is 9.97 Å². The molecule has 0 radical (unpaired) electrons. The third-order valence-corrected chi connectivity index (χ3v) is 10.3. The summed E-state index contributed by atoms with van der Waals surface area (Å²) in [5, 5.41) is 9.57. The number of benzene rings is 8. The van der Waals surface area contributed by atoms with Crippen molar-refractivity contribution in [3.8, 4) is 33.6 Å². The number of hydrogen-bond acceptors (Lipinski definition) is 3. The van der Waals surface area contributed by atoms with Crippen molar-refractivity contribution in [2.45, 2.75) is 0 Å². The molecule has 2 aromatic heterocycles. The molecule has 10 rings (SSSR count). The van der Waals surface area contributed by atoms with E-state index in [9.17, 15) is 0 Å². The predicted octanol–water partition coefficient (Wildman–Crippen LogP) is 13.6. The second kappa shape index (κ2) is 12.9. The summed E-state index contributed by atoms with van der Waals surface area (Å²) < 4.78 is 0. The molecule has 0 bridgehead atoms. The van der Waals surface area contributed by atoms with E-state index in [2.05, 4.69) is 193 Å². The summed E-state index contributed by atoms with van der Waals surface area (Å²) in [5.41, 5.74) is 9.76. The molecular weight excluding hydrogens is 643 g/mol. The van der Waals surface area contributed by atoms with E-state index in [4.69, 9.17) is 9.97 Å². The Kier molecular flexibility index (Phi) is 7.47. The van der Waals surface area contributed by atoms with Gasteiger partial charge in [0.2, 0.25) is 0 Å². The second-order valence-electron chi connectivity index (χ2n) is 13.5. The van der Waals surface area contributed by atoms with Crippen molar-refractivity contribution >= 4 is 60.2 Å². The molecular formula is C50H33N3. The Bertz CT molecular complexity index is 2810. The fourth-order valence-corrected chi connectivity index (χ4v) is 7.50. The first-order valence-electron chi connectivity index (χ1n) is 18.0. The molecule has 0 fully saturated rings. The van der Waals surface area contributed by atoms with Crippen LogP contribution in [0, 0.1) is 0 Å². The lowest BCUT2D eigenvalue weighted by atomic mass is 9.97. The fraction of sp³-hybridized carbons (Fsp3) is 0. The maximum absolute atomic E-state index is 4.79. The normalized spacial score (nSPS) is 11.4. The van der Waals surface area contributed by atoms with Crippen LogP contribution in [0.3, 0.4) is 0 Å². The number of hydrogen-bond donors (Lipinski definition) is 0. The lowest BCUT2D eigenvalue weighted by Crippen LogP contribution is -2.10. The van der Waals surface area contributed by atoms with E-state index in [1.807, 2.05) is 12.4 Å². The molecule has 0 N–H and O–H groups in total. The number of rotatable bonds is 6. The minimum absolute atomic E-state index is 0.960. The monoisotopic (exact) mass is 675 g/mol. The van der Waals surface area contributed by atoms with E-state index < -0.39 is 0 Å². The van der Waals surface area contributed by atoms with E-state index in [0.29, 0.717) is 0 Å². The van der Waals surface area contributed by atoms with Crippen LogP contribution < -0.4 is 4.90 Å². The number of pyridine rings is 2. The minimum Gasteiger partial charge on any atom is -0.310 e. The topological polar surface area (TPSA) is 29.0 Å². The van der Waals surface area contributed by atoms with Crippen LogP contribution in [-0.2, 0) is 0 Å². The highest BCUT2D eigenvalue weighted by Crippen LogP contribution is 2.39. The van der Waals surface area contributed by atoms with Crippen LogP contribution in [0.2, 0.25) is 0 Å². The SMILES string of the molecule is c1ccc(-c2ccc3c(ccc4cc(N(c5ccc(-c6cc7ccccc7cn6)cc5)c5ccc(-c6cc7ccccc7cn6)cc5)ccc43)c2)cc1. The van der Waals surface area contributed by atoms with Crippen molar-refractivity contribution in [2.75, 3.05) is 4.90 Å². The van der Waals surface area contributed by atoms with Crippen molar-refractivity contribution in [1.29, 1.82) is 0 Å². The van der Waals surface area contributed by atoms with Crippen LogP contribution >= 0.6 is 0 Å². The van der Waals surface area contributed by atoms with Gasteiger partial charge in [-0.1, -0.05) is 133 Å². The third kappa shape index (κ3) is 5.75. The summed E-state index contributed by atoms with van der Waals surface area (Å²) in [6.45, 7) is 0. The van der Waals surface area contributed by atoms with Crippen LogP contribution in [0.5, 0.6) is 0 Å². The molecule has 53 heavy (non-hydrogen) atoms. The zero-order valence-electron chi connectivity index (χ0n) is 28.9. The van der Waals surface area contributed by atoms with Crippen molar-refractivity contribution < 1.29 is 0 Å². The van der Waals surface area contributed by atoms with Gasteiger partial charge in [-0.05, 0) is 98.0 Å². The third-order valence-electron chi connectivity index (χ3n) is 10.3. The summed E-state index contributed by atoms with van der Waals surface area (Å²) in [4.78, 5) is 11.9. The maximum Gasteiger partial charge on any atom is 0.0708 e. The fourth-order valence-electron chi connectivity index (χ4n) is 7.50. The molecule has 3 nitrogen and oxygen atoms in total. The Morgan fingerprint density at radius 2 is 0.736 bits per heavy atom. The average Bonchev–Trinajstić information content (AvgIpc) is 3.24. The molecule has 0 spiro atoms. The first-order valence-corrected chi connectivity index (χ1v) is 18.0. The van der Waals surface area contributed by atoms with Crippen LogP contribution in [0.15, 0.2) is 200 Å². The van der Waals surface area contributed by atoms with Gasteiger partial charge in [0.1, 0.15) is 0 Å². The predicted molar refractivity (Wildman–Crippen MR) is 223 cm³/mol. The molecule has 0 amide bonds. The smallest absolute Gasteiger partial charge is 0.0708 e. The van der Waals surface area contributed by atoms with Crippen molar-refractivity contribution in [3.05, 3.63) is 200 Å². The number of anilines is 3. The zero-order chi connectivity index (χ0) is 35.1. The van der Waals surface area contributed by atoms with E-state index >= 15 is 0 Å². The van der Waals surface area contributed by atoms with Gasteiger partial charge in [0, 0.05) is 51.4 Å². The van der Waals surface area contributed by atoms with Gasteiger partial charge < -0.3 is 4.90 Å². The van der Waals surface area contributed by atoms with Crippen molar-refractivity contribution in [3.63, 3.8) is 0 Å². The van der Waals surface area contributed by atoms with E-state index in [0.717, 1.165) is 50.3 Å². The summed E-state index contributed by atoms with van der Waals surface area (Å²) in [6, 6.07) is 67.2. The largest absolute Gasteiger partial charge is 0.310 e. The highest BCUT2D eigenvalue weighted by molar-refractivity contribution is 6.09. The first-order chi connectivity index (χ1) is 26.2. The Morgan fingerprint density at radius 1 is 0.283 bits per heavy atom. The lowest BCUT2D eigenvalue weighted by Gasteiger charge is -2.26. The second-order valence-corrected chi connectivity index (χ2v) is 13.5. The van der Waals surface area contributed by atoms with Crippen molar-refractivity contribution in [2.24, 2.45) is 0 Å². The van der Waals surface area contributed by atoms with Crippen LogP contribution in [0.4, 0.5) is 17.1 Å². The van der Waals surface area contributed by atoms with Gasteiger partial charge in [0.15, 0.2) is 0 Å². The molecule has 0 saturated carbocycles. The summed E-state index contributed by atoms with van der Waals surface area (Å²) in [5.74, 6) is 0. The Hall–Kier alpha value is -7.10. The molecule has 0 aliphatic heterocycles. The molecule has 248 valence electrons. The summed E-state index contributed by atoms with van der Waals surface area (Å²) in [6.07, 6.45) is 3.91. The Labute approximate surface area is 308 Å². The molecule has 2 heterocycles. The van der Waals surface area contributed by atoms with Gasteiger partial charge in [0.25, 0.3) is 0 Å². The molecule has 0 aliphatic carbocycles. The maximum atomic E-state index is 4.79. The van der Waals surface area contributed by atoms with Gasteiger partial charge in [-0.15, -0.1) is 0 Å². The standard InChI is InChI=1S/C50H33N3/c1-2-8-34(9-3-1)39-20-26-47-40(28-39)14-15-41-29-46(25-27-48(41)47)53(44-21-16-35(17-22-44)49-30-37-10-4-6-12-42(37)32-51-49)45-23-18-36(19-24-45)50-31-38-11-5-7-13-43(38)33-52-50/h1-33H. The Balaban J connectivity index is 1.05. The lowest BCUT2D eigenvalue weighted by molar-refractivity contribution is 1.28. The minimum atomic E-state index is 0.960.